The molecule has 9 heteroatoms. The molecule has 0 aliphatic heterocycles. The van der Waals surface area contributed by atoms with Gasteiger partial charge in [-0.05, 0) is 56.0 Å². The molecule has 37 heavy (non-hydrogen) atoms. The van der Waals surface area contributed by atoms with Gasteiger partial charge in [0.05, 0.1) is 18.6 Å². The van der Waals surface area contributed by atoms with Crippen LogP contribution in [-0.4, -0.2) is 57.1 Å². The van der Waals surface area contributed by atoms with E-state index in [1.54, 1.807) is 29.2 Å². The van der Waals surface area contributed by atoms with Gasteiger partial charge in [0.15, 0.2) is 0 Å². The van der Waals surface area contributed by atoms with E-state index in [4.69, 9.17) is 4.74 Å². The number of carbonyl (C=O) groups excluding carboxylic acids is 2. The Kier molecular flexibility index (Phi) is 12.4. The standard InChI is InChI=1S/C28H41N3O5S/c1-5-8-20-29-28(33)26(6-2)30(22-23-13-10-9-11-14-23)27(32)15-12-21-31(37(4,34)35)24-16-18-25(19-17-24)36-7-3/h9-11,13-14,16-19,26H,5-8,12,15,20-22H2,1-4H3,(H,29,33)/t26-/m0/s1. The first-order valence-electron chi connectivity index (χ1n) is 13.0. The van der Waals surface area contributed by atoms with Crippen molar-refractivity contribution >= 4 is 27.5 Å². The number of benzene rings is 2. The van der Waals surface area contributed by atoms with Crippen molar-refractivity contribution in [3.8, 4) is 5.75 Å². The van der Waals surface area contributed by atoms with Gasteiger partial charge >= 0.3 is 0 Å². The van der Waals surface area contributed by atoms with Crippen molar-refractivity contribution in [2.24, 2.45) is 0 Å². The molecule has 2 amide bonds. The second kappa shape index (κ2) is 15.2. The minimum absolute atomic E-state index is 0.120. The quantitative estimate of drug-likeness (QED) is 0.325. The summed E-state index contributed by atoms with van der Waals surface area (Å²) in [5.41, 5.74) is 1.45. The van der Waals surface area contributed by atoms with Gasteiger partial charge in [0.25, 0.3) is 0 Å². The largest absolute Gasteiger partial charge is 0.494 e. The van der Waals surface area contributed by atoms with Gasteiger partial charge < -0.3 is 15.0 Å². The zero-order valence-electron chi connectivity index (χ0n) is 22.5. The predicted molar refractivity (Wildman–Crippen MR) is 148 cm³/mol. The number of anilines is 1. The lowest BCUT2D eigenvalue weighted by Gasteiger charge is -2.31. The molecule has 2 aromatic rings. The van der Waals surface area contributed by atoms with Crippen LogP contribution in [0.2, 0.25) is 0 Å². The van der Waals surface area contributed by atoms with E-state index in [1.165, 1.54) is 4.31 Å². The smallest absolute Gasteiger partial charge is 0.242 e. The monoisotopic (exact) mass is 531 g/mol. The van der Waals surface area contributed by atoms with Crippen molar-refractivity contribution in [2.75, 3.05) is 30.3 Å². The Hall–Kier alpha value is -3.07. The Morgan fingerprint density at radius 3 is 2.22 bits per heavy atom. The van der Waals surface area contributed by atoms with Crippen molar-refractivity contribution in [2.45, 2.75) is 65.5 Å². The van der Waals surface area contributed by atoms with Crippen LogP contribution in [0.5, 0.6) is 5.75 Å². The maximum Gasteiger partial charge on any atom is 0.242 e. The van der Waals surface area contributed by atoms with Crippen LogP contribution in [0, 0.1) is 0 Å². The van der Waals surface area contributed by atoms with Gasteiger partial charge in [0.2, 0.25) is 21.8 Å². The summed E-state index contributed by atoms with van der Waals surface area (Å²) in [6, 6.07) is 15.8. The molecule has 0 spiro atoms. The summed E-state index contributed by atoms with van der Waals surface area (Å²) in [5.74, 6) is 0.322. The Bertz CT molecular complexity index is 1070. The summed E-state index contributed by atoms with van der Waals surface area (Å²) < 4.78 is 31.8. The molecule has 2 aromatic carbocycles. The number of amides is 2. The number of ether oxygens (including phenoxy) is 1. The number of hydrogen-bond donors (Lipinski definition) is 1. The first-order valence-corrected chi connectivity index (χ1v) is 14.9. The molecule has 0 aliphatic rings. The number of hydrogen-bond acceptors (Lipinski definition) is 5. The Balaban J connectivity index is 2.15. The fourth-order valence-corrected chi connectivity index (χ4v) is 5.05. The van der Waals surface area contributed by atoms with Crippen molar-refractivity contribution in [1.29, 1.82) is 0 Å². The third-order valence-corrected chi connectivity index (χ3v) is 7.19. The molecule has 0 fully saturated rings. The third-order valence-electron chi connectivity index (χ3n) is 6.00. The van der Waals surface area contributed by atoms with Crippen LogP contribution >= 0.6 is 0 Å². The van der Waals surface area contributed by atoms with E-state index in [-0.39, 0.29) is 24.8 Å². The number of sulfonamides is 1. The lowest BCUT2D eigenvalue weighted by molar-refractivity contribution is -0.141. The molecule has 0 aliphatic carbocycles. The van der Waals surface area contributed by atoms with Crippen LogP contribution in [0.4, 0.5) is 5.69 Å². The van der Waals surface area contributed by atoms with Crippen molar-refractivity contribution in [3.63, 3.8) is 0 Å². The number of nitrogens with zero attached hydrogens (tertiary/aromatic N) is 2. The zero-order chi connectivity index (χ0) is 27.3. The Labute approximate surface area is 222 Å². The maximum absolute atomic E-state index is 13.4. The molecule has 1 atom stereocenters. The topological polar surface area (TPSA) is 96.0 Å². The minimum atomic E-state index is -3.55. The average Bonchev–Trinajstić information content (AvgIpc) is 2.87. The highest BCUT2D eigenvalue weighted by Gasteiger charge is 2.28. The molecule has 2 rings (SSSR count). The highest BCUT2D eigenvalue weighted by atomic mass is 32.2. The third kappa shape index (κ3) is 9.72. The average molecular weight is 532 g/mol. The number of nitrogens with one attached hydrogen (secondary N) is 1. The lowest BCUT2D eigenvalue weighted by Crippen LogP contribution is -2.49. The second-order valence-corrected chi connectivity index (χ2v) is 10.8. The number of carbonyl (C=O) groups is 2. The molecule has 0 aromatic heterocycles. The Morgan fingerprint density at radius 1 is 0.973 bits per heavy atom. The molecule has 204 valence electrons. The lowest BCUT2D eigenvalue weighted by atomic mass is 10.1. The Morgan fingerprint density at radius 2 is 1.65 bits per heavy atom. The van der Waals surface area contributed by atoms with Crippen LogP contribution in [0.1, 0.15) is 58.4 Å². The molecule has 0 unspecified atom stereocenters. The van der Waals surface area contributed by atoms with Crippen LogP contribution < -0.4 is 14.4 Å². The number of rotatable bonds is 16. The van der Waals surface area contributed by atoms with E-state index in [2.05, 4.69) is 12.2 Å². The zero-order valence-corrected chi connectivity index (χ0v) is 23.3. The van der Waals surface area contributed by atoms with Gasteiger partial charge in [-0.15, -0.1) is 0 Å². The van der Waals surface area contributed by atoms with Gasteiger partial charge in [-0.2, -0.15) is 0 Å². The predicted octanol–water partition coefficient (Wildman–Crippen LogP) is 4.36. The summed E-state index contributed by atoms with van der Waals surface area (Å²) in [6.07, 6.45) is 3.92. The molecular formula is C28H41N3O5S. The van der Waals surface area contributed by atoms with E-state index >= 15 is 0 Å². The van der Waals surface area contributed by atoms with Crippen molar-refractivity contribution in [1.82, 2.24) is 10.2 Å². The first-order chi connectivity index (χ1) is 17.7. The highest BCUT2D eigenvalue weighted by Crippen LogP contribution is 2.23. The highest BCUT2D eigenvalue weighted by molar-refractivity contribution is 7.92. The van der Waals surface area contributed by atoms with Crippen LogP contribution in [0.3, 0.4) is 0 Å². The van der Waals surface area contributed by atoms with E-state index in [0.29, 0.717) is 44.0 Å². The van der Waals surface area contributed by atoms with E-state index in [1.807, 2.05) is 44.2 Å². The number of unbranched alkanes of at least 4 members (excludes halogenated alkanes) is 1. The van der Waals surface area contributed by atoms with Crippen LogP contribution in [0.15, 0.2) is 54.6 Å². The summed E-state index contributed by atoms with van der Waals surface area (Å²) in [7, 11) is -3.55. The van der Waals surface area contributed by atoms with Crippen molar-refractivity contribution in [3.05, 3.63) is 60.2 Å². The molecule has 0 radical (unpaired) electrons. The van der Waals surface area contributed by atoms with Gasteiger partial charge in [-0.25, -0.2) is 8.42 Å². The molecule has 8 nitrogen and oxygen atoms in total. The molecule has 0 heterocycles. The maximum atomic E-state index is 13.4. The summed E-state index contributed by atoms with van der Waals surface area (Å²) in [6.45, 7) is 7.39. The normalized spacial score (nSPS) is 12.0. The summed E-state index contributed by atoms with van der Waals surface area (Å²) in [5, 5.41) is 2.95. The van der Waals surface area contributed by atoms with Gasteiger partial charge in [-0.1, -0.05) is 50.6 Å². The van der Waals surface area contributed by atoms with Gasteiger partial charge in [-0.3, -0.25) is 13.9 Å². The minimum Gasteiger partial charge on any atom is -0.494 e. The van der Waals surface area contributed by atoms with E-state index in [0.717, 1.165) is 24.7 Å². The molecule has 0 bridgehead atoms. The summed E-state index contributed by atoms with van der Waals surface area (Å²) >= 11 is 0. The molecular weight excluding hydrogens is 490 g/mol. The van der Waals surface area contributed by atoms with Crippen LogP contribution in [0.25, 0.3) is 0 Å². The van der Waals surface area contributed by atoms with Gasteiger partial charge in [0, 0.05) is 26.1 Å². The van der Waals surface area contributed by atoms with E-state index < -0.39 is 16.1 Å². The fourth-order valence-electron chi connectivity index (χ4n) is 4.08. The summed E-state index contributed by atoms with van der Waals surface area (Å²) in [4.78, 5) is 28.0. The molecule has 1 N–H and O–H groups in total. The molecule has 0 saturated carbocycles. The second-order valence-electron chi connectivity index (χ2n) is 8.94. The first kappa shape index (κ1) is 30.2. The SMILES string of the molecule is CCCCNC(=O)[C@H](CC)N(Cc1ccccc1)C(=O)CCCN(c1ccc(OCC)cc1)S(C)(=O)=O. The molecule has 0 saturated heterocycles. The van der Waals surface area contributed by atoms with Crippen LogP contribution in [-0.2, 0) is 26.2 Å². The van der Waals surface area contributed by atoms with Gasteiger partial charge in [0.1, 0.15) is 11.8 Å². The van der Waals surface area contributed by atoms with E-state index in [9.17, 15) is 18.0 Å². The van der Waals surface area contributed by atoms with Crippen molar-refractivity contribution < 1.29 is 22.7 Å². The fraction of sp³-hybridized carbons (Fsp3) is 0.500.